The van der Waals surface area contributed by atoms with E-state index in [-0.39, 0.29) is 11.3 Å². The SMILES string of the molecule is CCCCN1C(=O)C(=O)/C(=C(/O)c2ccc3ccccc3c2)C1c1cn(C)c2ccccc12. The molecule has 1 fully saturated rings. The third-order valence-corrected chi connectivity index (χ3v) is 6.54. The fourth-order valence-corrected chi connectivity index (χ4v) is 4.85. The van der Waals surface area contributed by atoms with Crippen LogP contribution in [0.3, 0.4) is 0 Å². The number of nitrogens with zero attached hydrogens (tertiary/aromatic N) is 2. The van der Waals surface area contributed by atoms with Gasteiger partial charge in [0.25, 0.3) is 11.7 Å². The predicted molar refractivity (Wildman–Crippen MR) is 131 cm³/mol. The van der Waals surface area contributed by atoms with Crippen LogP contribution in [0, 0.1) is 0 Å². The molecule has 5 rings (SSSR count). The lowest BCUT2D eigenvalue weighted by Crippen LogP contribution is -2.30. The van der Waals surface area contributed by atoms with E-state index in [0.717, 1.165) is 40.1 Å². The maximum absolute atomic E-state index is 13.3. The van der Waals surface area contributed by atoms with Crippen LogP contribution in [0.5, 0.6) is 0 Å². The Balaban J connectivity index is 1.73. The van der Waals surface area contributed by atoms with E-state index in [4.69, 9.17) is 0 Å². The number of aromatic nitrogens is 1. The molecule has 1 aromatic heterocycles. The number of Topliss-reactive ketones (excluding diaryl/α,β-unsaturated/α-hetero) is 1. The Bertz CT molecular complexity index is 1430. The molecule has 0 radical (unpaired) electrons. The quantitative estimate of drug-likeness (QED) is 0.252. The van der Waals surface area contributed by atoms with Gasteiger partial charge >= 0.3 is 0 Å². The molecule has 4 aromatic rings. The van der Waals surface area contributed by atoms with Crippen molar-refractivity contribution in [3.05, 3.63) is 89.6 Å². The number of benzene rings is 3. The number of amides is 1. The van der Waals surface area contributed by atoms with Crippen molar-refractivity contribution in [2.24, 2.45) is 7.05 Å². The Morgan fingerprint density at radius 3 is 2.48 bits per heavy atom. The Kier molecular flexibility index (Phi) is 5.25. The number of fused-ring (bicyclic) bond motifs is 2. The monoisotopic (exact) mass is 438 g/mol. The lowest BCUT2D eigenvalue weighted by molar-refractivity contribution is -0.139. The van der Waals surface area contributed by atoms with E-state index >= 15 is 0 Å². The second-order valence-electron chi connectivity index (χ2n) is 8.62. The number of unbranched alkanes of at least 4 members (excludes halogenated alkanes) is 1. The highest BCUT2D eigenvalue weighted by Crippen LogP contribution is 2.42. The summed E-state index contributed by atoms with van der Waals surface area (Å²) in [6.07, 6.45) is 3.65. The predicted octanol–water partition coefficient (Wildman–Crippen LogP) is 5.55. The van der Waals surface area contributed by atoms with Crippen LogP contribution in [0.4, 0.5) is 0 Å². The zero-order valence-electron chi connectivity index (χ0n) is 18.8. The van der Waals surface area contributed by atoms with Gasteiger partial charge in [-0.15, -0.1) is 0 Å². The number of carbonyl (C=O) groups excluding carboxylic acids is 2. The fourth-order valence-electron chi connectivity index (χ4n) is 4.85. The smallest absolute Gasteiger partial charge is 0.295 e. The highest BCUT2D eigenvalue weighted by molar-refractivity contribution is 6.46. The maximum Gasteiger partial charge on any atom is 0.295 e. The molecule has 3 aromatic carbocycles. The molecule has 2 heterocycles. The summed E-state index contributed by atoms with van der Waals surface area (Å²) >= 11 is 0. The van der Waals surface area contributed by atoms with Crippen molar-refractivity contribution in [1.29, 1.82) is 0 Å². The van der Waals surface area contributed by atoms with Gasteiger partial charge in [0.1, 0.15) is 5.76 Å². The van der Waals surface area contributed by atoms with Crippen LogP contribution in [0.15, 0.2) is 78.5 Å². The Morgan fingerprint density at radius 2 is 1.70 bits per heavy atom. The van der Waals surface area contributed by atoms with Gasteiger partial charge in [-0.05, 0) is 29.3 Å². The summed E-state index contributed by atoms with van der Waals surface area (Å²) in [6.45, 7) is 2.52. The lowest BCUT2D eigenvalue weighted by atomic mass is 9.94. The number of aliphatic hydroxyl groups excluding tert-OH is 1. The average Bonchev–Trinajstić information content (AvgIpc) is 3.30. The second kappa shape index (κ2) is 8.24. The number of hydrogen-bond acceptors (Lipinski definition) is 3. The third kappa shape index (κ3) is 3.41. The normalized spacial score (nSPS) is 18.0. The topological polar surface area (TPSA) is 62.5 Å². The van der Waals surface area contributed by atoms with Gasteiger partial charge in [0.2, 0.25) is 0 Å². The van der Waals surface area contributed by atoms with E-state index in [1.807, 2.05) is 78.5 Å². The van der Waals surface area contributed by atoms with Crippen molar-refractivity contribution in [1.82, 2.24) is 9.47 Å². The van der Waals surface area contributed by atoms with Crippen molar-refractivity contribution in [2.75, 3.05) is 6.54 Å². The first kappa shape index (κ1) is 21.0. The molecule has 0 spiro atoms. The lowest BCUT2D eigenvalue weighted by Gasteiger charge is -2.24. The summed E-state index contributed by atoms with van der Waals surface area (Å²) < 4.78 is 2.00. The van der Waals surface area contributed by atoms with E-state index in [9.17, 15) is 14.7 Å². The number of likely N-dealkylation sites (tertiary alicyclic amines) is 1. The number of aliphatic hydroxyl groups is 1. The van der Waals surface area contributed by atoms with Gasteiger partial charge in [0.15, 0.2) is 0 Å². The minimum absolute atomic E-state index is 0.129. The first-order valence-corrected chi connectivity index (χ1v) is 11.3. The van der Waals surface area contributed by atoms with Gasteiger partial charge in [0.05, 0.1) is 11.6 Å². The molecule has 1 unspecified atom stereocenters. The molecule has 5 nitrogen and oxygen atoms in total. The molecule has 1 amide bonds. The van der Waals surface area contributed by atoms with Crippen LogP contribution in [0.2, 0.25) is 0 Å². The van der Waals surface area contributed by atoms with Crippen LogP contribution in [0.1, 0.15) is 36.9 Å². The molecule has 1 aliphatic heterocycles. The molecule has 1 atom stereocenters. The average molecular weight is 439 g/mol. The molecule has 0 aliphatic carbocycles. The van der Waals surface area contributed by atoms with Crippen LogP contribution < -0.4 is 0 Å². The van der Waals surface area contributed by atoms with E-state index in [1.165, 1.54) is 0 Å². The maximum atomic E-state index is 13.3. The third-order valence-electron chi connectivity index (χ3n) is 6.54. The summed E-state index contributed by atoms with van der Waals surface area (Å²) in [5.74, 6) is -1.31. The summed E-state index contributed by atoms with van der Waals surface area (Å²) in [5, 5.41) is 14.4. The number of carbonyl (C=O) groups is 2. The standard InChI is InChI=1S/C28H26N2O3/c1-3-4-15-30-25(22-17-29(2)23-12-8-7-11-21(22)23)24(27(32)28(30)33)26(31)20-14-13-18-9-5-6-10-19(18)16-20/h5-14,16-17,25,31H,3-4,15H2,1-2H3/b26-24+. The minimum atomic E-state index is -0.630. The molecule has 166 valence electrons. The van der Waals surface area contributed by atoms with Gasteiger partial charge in [0, 0.05) is 41.8 Å². The fraction of sp³-hybridized carbons (Fsp3) is 0.214. The molecule has 1 N–H and O–H groups in total. The first-order chi connectivity index (χ1) is 16.0. The van der Waals surface area contributed by atoms with Gasteiger partial charge in [-0.2, -0.15) is 0 Å². The van der Waals surface area contributed by atoms with E-state index in [2.05, 4.69) is 6.92 Å². The summed E-state index contributed by atoms with van der Waals surface area (Å²) in [4.78, 5) is 28.0. The molecule has 0 bridgehead atoms. The number of hydrogen-bond donors (Lipinski definition) is 1. The molecule has 5 heteroatoms. The first-order valence-electron chi connectivity index (χ1n) is 11.3. The van der Waals surface area contributed by atoms with Crippen LogP contribution >= 0.6 is 0 Å². The molecule has 33 heavy (non-hydrogen) atoms. The zero-order valence-corrected chi connectivity index (χ0v) is 18.8. The summed E-state index contributed by atoms with van der Waals surface area (Å²) in [5.41, 5.74) is 2.56. The molecule has 1 aliphatic rings. The molecule has 0 saturated carbocycles. The van der Waals surface area contributed by atoms with E-state index < -0.39 is 17.7 Å². The largest absolute Gasteiger partial charge is 0.507 e. The Labute approximate surface area is 192 Å². The van der Waals surface area contributed by atoms with Crippen molar-refractivity contribution < 1.29 is 14.7 Å². The zero-order chi connectivity index (χ0) is 23.1. The van der Waals surface area contributed by atoms with Crippen LogP contribution in [0.25, 0.3) is 27.4 Å². The van der Waals surface area contributed by atoms with E-state index in [1.54, 1.807) is 11.0 Å². The van der Waals surface area contributed by atoms with Crippen LogP contribution in [-0.2, 0) is 16.6 Å². The van der Waals surface area contributed by atoms with Crippen LogP contribution in [-0.4, -0.2) is 32.8 Å². The highest BCUT2D eigenvalue weighted by atomic mass is 16.3. The number of aryl methyl sites for hydroxylation is 1. The molecular weight excluding hydrogens is 412 g/mol. The second-order valence-corrected chi connectivity index (χ2v) is 8.62. The number of rotatable bonds is 5. The number of para-hydroxylation sites is 1. The van der Waals surface area contributed by atoms with Gasteiger partial charge < -0.3 is 14.6 Å². The number of ketones is 1. The van der Waals surface area contributed by atoms with Crippen molar-refractivity contribution in [3.8, 4) is 0 Å². The molecular formula is C28H26N2O3. The van der Waals surface area contributed by atoms with Gasteiger partial charge in [-0.25, -0.2) is 0 Å². The minimum Gasteiger partial charge on any atom is -0.507 e. The van der Waals surface area contributed by atoms with Crippen molar-refractivity contribution in [2.45, 2.75) is 25.8 Å². The van der Waals surface area contributed by atoms with Crippen molar-refractivity contribution >= 4 is 39.1 Å². The van der Waals surface area contributed by atoms with E-state index in [0.29, 0.717) is 12.1 Å². The molecule has 1 saturated heterocycles. The Hall–Kier alpha value is -3.86. The summed E-state index contributed by atoms with van der Waals surface area (Å²) in [7, 11) is 1.95. The van der Waals surface area contributed by atoms with Gasteiger partial charge in [-0.3, -0.25) is 9.59 Å². The highest BCUT2D eigenvalue weighted by Gasteiger charge is 2.46. The summed E-state index contributed by atoms with van der Waals surface area (Å²) in [6, 6.07) is 20.8. The van der Waals surface area contributed by atoms with Crippen molar-refractivity contribution in [3.63, 3.8) is 0 Å². The Morgan fingerprint density at radius 1 is 0.970 bits per heavy atom. The van der Waals surface area contributed by atoms with Gasteiger partial charge in [-0.1, -0.05) is 67.9 Å².